The lowest BCUT2D eigenvalue weighted by atomic mass is 9.86. The zero-order valence-corrected chi connectivity index (χ0v) is 25.3. The van der Waals surface area contributed by atoms with E-state index in [2.05, 4.69) is 155 Å². The minimum atomic E-state index is 1.15. The third-order valence-electron chi connectivity index (χ3n) is 7.86. The minimum Gasteiger partial charge on any atom is -0.0984 e. The van der Waals surface area contributed by atoms with E-state index in [9.17, 15) is 0 Å². The van der Waals surface area contributed by atoms with Crippen LogP contribution in [0.25, 0.3) is 55.6 Å². The van der Waals surface area contributed by atoms with Gasteiger partial charge in [0.15, 0.2) is 0 Å². The molecule has 0 N–H and O–H groups in total. The molecule has 0 heterocycles. The second kappa shape index (κ2) is 13.6. The summed E-state index contributed by atoms with van der Waals surface area (Å²) in [5, 5.41) is 7.68. The van der Waals surface area contributed by atoms with Gasteiger partial charge in [0, 0.05) is 0 Å². The van der Waals surface area contributed by atoms with Crippen molar-refractivity contribution < 1.29 is 0 Å². The van der Waals surface area contributed by atoms with Crippen LogP contribution >= 0.6 is 0 Å². The molecule has 0 radical (unpaired) electrons. The molecule has 0 aliphatic heterocycles. The van der Waals surface area contributed by atoms with E-state index in [1.54, 1.807) is 0 Å². The first-order chi connectivity index (χ1) is 21.0. The Morgan fingerprint density at radius 1 is 0.419 bits per heavy atom. The van der Waals surface area contributed by atoms with Crippen LogP contribution in [0.3, 0.4) is 0 Å². The highest BCUT2D eigenvalue weighted by atomic mass is 14.2. The van der Waals surface area contributed by atoms with Crippen molar-refractivity contribution in [3.63, 3.8) is 0 Å². The molecule has 0 fully saturated rings. The normalized spacial score (nSPS) is 10.4. The third-order valence-corrected chi connectivity index (χ3v) is 7.86. The summed E-state index contributed by atoms with van der Waals surface area (Å²) in [6.07, 6.45) is 3.91. The molecule has 0 aliphatic carbocycles. The lowest BCUT2D eigenvalue weighted by molar-refractivity contribution is 1.48. The van der Waals surface area contributed by atoms with Crippen molar-refractivity contribution in [2.45, 2.75) is 20.8 Å². The Labute approximate surface area is 256 Å². The Kier molecular flexibility index (Phi) is 9.29. The van der Waals surface area contributed by atoms with Gasteiger partial charge in [0.2, 0.25) is 0 Å². The Bertz CT molecular complexity index is 2030. The van der Waals surface area contributed by atoms with Crippen molar-refractivity contribution in [3.05, 3.63) is 181 Å². The van der Waals surface area contributed by atoms with Crippen molar-refractivity contribution in [2.75, 3.05) is 0 Å². The molecule has 0 bridgehead atoms. The van der Waals surface area contributed by atoms with Crippen molar-refractivity contribution in [2.24, 2.45) is 0 Å². The average Bonchev–Trinajstić information content (AvgIpc) is 3.05. The van der Waals surface area contributed by atoms with Gasteiger partial charge in [-0.25, -0.2) is 0 Å². The van der Waals surface area contributed by atoms with Crippen molar-refractivity contribution in [1.82, 2.24) is 0 Å². The number of hydrogen-bond acceptors (Lipinski definition) is 0. The predicted octanol–water partition coefficient (Wildman–Crippen LogP) is 12.4. The number of hydrogen-bond donors (Lipinski definition) is 0. The molecule has 43 heavy (non-hydrogen) atoms. The van der Waals surface area contributed by atoms with E-state index >= 15 is 0 Å². The third kappa shape index (κ3) is 6.66. The quantitative estimate of drug-likeness (QED) is 0.204. The summed E-state index contributed by atoms with van der Waals surface area (Å²) in [4.78, 5) is 0. The highest BCUT2D eigenvalue weighted by Gasteiger charge is 2.15. The van der Waals surface area contributed by atoms with Gasteiger partial charge in [-0.2, -0.15) is 0 Å². The van der Waals surface area contributed by atoms with E-state index in [1.807, 2.05) is 30.4 Å². The zero-order valence-electron chi connectivity index (χ0n) is 25.3. The molecule has 0 heteroatoms. The standard InChI is InChI=1S/C25H20.C11H10.C7H8/c1-4-21-17(3)23-12-8-9-13-24(23)25(22(21)5-2)20-15-14-18-10-6-7-11-19(18)16-20;1-9-6-7-10-4-2-3-5-11(10)8-9;1-7-5-3-2-4-6-7/h4-16H,1-2H2,3H3;2-8H,1H3;2-6H,1H3. The topological polar surface area (TPSA) is 0 Å². The summed E-state index contributed by atoms with van der Waals surface area (Å²) >= 11 is 0. The van der Waals surface area contributed by atoms with Gasteiger partial charge in [-0.3, -0.25) is 0 Å². The Hall–Kier alpha value is -5.20. The van der Waals surface area contributed by atoms with Crippen molar-refractivity contribution in [3.8, 4) is 11.1 Å². The van der Waals surface area contributed by atoms with Crippen LogP contribution in [0.5, 0.6) is 0 Å². The molecule has 7 aromatic carbocycles. The Morgan fingerprint density at radius 2 is 0.930 bits per heavy atom. The summed E-state index contributed by atoms with van der Waals surface area (Å²) in [6, 6.07) is 48.9. The van der Waals surface area contributed by atoms with Crippen LogP contribution in [0.15, 0.2) is 153 Å². The van der Waals surface area contributed by atoms with Crippen LogP contribution in [-0.4, -0.2) is 0 Å². The highest BCUT2D eigenvalue weighted by molar-refractivity contribution is 6.06. The first kappa shape index (κ1) is 29.3. The van der Waals surface area contributed by atoms with Crippen LogP contribution in [0.2, 0.25) is 0 Å². The number of rotatable bonds is 3. The lowest BCUT2D eigenvalue weighted by Gasteiger charge is -2.18. The largest absolute Gasteiger partial charge is 0.0984 e. The smallest absolute Gasteiger partial charge is 0.00266 e. The van der Waals surface area contributed by atoms with Crippen LogP contribution in [-0.2, 0) is 0 Å². The zero-order chi connectivity index (χ0) is 30.2. The molecule has 7 rings (SSSR count). The maximum atomic E-state index is 4.09. The fourth-order valence-electron chi connectivity index (χ4n) is 5.63. The van der Waals surface area contributed by atoms with Gasteiger partial charge in [-0.1, -0.05) is 170 Å². The fourth-order valence-corrected chi connectivity index (χ4v) is 5.63. The molecule has 0 aliphatic rings. The van der Waals surface area contributed by atoms with E-state index in [0.29, 0.717) is 0 Å². The number of fused-ring (bicyclic) bond motifs is 3. The summed E-state index contributed by atoms with van der Waals surface area (Å²) in [6.45, 7) is 14.5. The predicted molar refractivity (Wildman–Crippen MR) is 192 cm³/mol. The molecule has 0 unspecified atom stereocenters. The fraction of sp³-hybridized carbons (Fsp3) is 0.0698. The SMILES string of the molecule is C=Cc1c(C=C)c(-c2ccc3ccccc3c2)c2ccccc2c1C.Cc1ccc2ccccc2c1.Cc1ccccc1. The second-order valence-electron chi connectivity index (χ2n) is 10.8. The second-order valence-corrected chi connectivity index (χ2v) is 10.8. The van der Waals surface area contributed by atoms with Crippen LogP contribution < -0.4 is 0 Å². The molecule has 0 atom stereocenters. The molecular formula is C43H38. The van der Waals surface area contributed by atoms with E-state index in [1.165, 1.54) is 60.1 Å². The molecular weight excluding hydrogens is 516 g/mol. The lowest BCUT2D eigenvalue weighted by Crippen LogP contribution is -1.95. The summed E-state index contributed by atoms with van der Waals surface area (Å²) in [7, 11) is 0. The summed E-state index contributed by atoms with van der Waals surface area (Å²) in [5.74, 6) is 0. The molecule has 7 aromatic rings. The Balaban J connectivity index is 0.000000166. The highest BCUT2D eigenvalue weighted by Crippen LogP contribution is 2.39. The molecule has 0 saturated carbocycles. The van der Waals surface area contributed by atoms with Crippen molar-refractivity contribution in [1.29, 1.82) is 0 Å². The van der Waals surface area contributed by atoms with E-state index in [-0.39, 0.29) is 0 Å². The van der Waals surface area contributed by atoms with Crippen molar-refractivity contribution >= 4 is 44.5 Å². The number of benzene rings is 7. The van der Waals surface area contributed by atoms with Gasteiger partial charge >= 0.3 is 0 Å². The van der Waals surface area contributed by atoms with Crippen LogP contribution in [0.1, 0.15) is 27.8 Å². The van der Waals surface area contributed by atoms with Gasteiger partial charge in [0.05, 0.1) is 0 Å². The molecule has 0 saturated heterocycles. The summed E-state index contributed by atoms with van der Waals surface area (Å²) in [5.41, 5.74) is 8.67. The maximum absolute atomic E-state index is 4.09. The molecule has 0 nitrogen and oxygen atoms in total. The maximum Gasteiger partial charge on any atom is -0.00266 e. The van der Waals surface area contributed by atoms with Crippen LogP contribution in [0.4, 0.5) is 0 Å². The van der Waals surface area contributed by atoms with Gasteiger partial charge in [0.25, 0.3) is 0 Å². The first-order valence-electron chi connectivity index (χ1n) is 14.8. The van der Waals surface area contributed by atoms with E-state index in [0.717, 1.165) is 11.1 Å². The van der Waals surface area contributed by atoms with Gasteiger partial charge in [-0.15, -0.1) is 0 Å². The Morgan fingerprint density at radius 3 is 1.51 bits per heavy atom. The van der Waals surface area contributed by atoms with E-state index < -0.39 is 0 Å². The first-order valence-corrected chi connectivity index (χ1v) is 14.8. The molecule has 0 amide bonds. The monoisotopic (exact) mass is 554 g/mol. The van der Waals surface area contributed by atoms with Gasteiger partial charge in [0.1, 0.15) is 0 Å². The minimum absolute atomic E-state index is 1.15. The van der Waals surface area contributed by atoms with Gasteiger partial charge < -0.3 is 0 Å². The van der Waals surface area contributed by atoms with Crippen LogP contribution in [0, 0.1) is 20.8 Å². The van der Waals surface area contributed by atoms with Gasteiger partial charge in [-0.05, 0) is 87.0 Å². The molecule has 210 valence electrons. The molecule has 0 spiro atoms. The number of aryl methyl sites for hydroxylation is 3. The average molecular weight is 555 g/mol. The molecule has 0 aromatic heterocycles. The van der Waals surface area contributed by atoms with E-state index in [4.69, 9.17) is 0 Å². The summed E-state index contributed by atoms with van der Waals surface area (Å²) < 4.78 is 0.